The van der Waals surface area contributed by atoms with Gasteiger partial charge < -0.3 is 0 Å². The first-order chi connectivity index (χ1) is 7.90. The fourth-order valence-corrected chi connectivity index (χ4v) is 2.93. The second kappa shape index (κ2) is 4.18. The van der Waals surface area contributed by atoms with E-state index in [1.807, 2.05) is 0 Å². The first-order valence-electron chi connectivity index (χ1n) is 5.10. The van der Waals surface area contributed by atoms with Crippen LogP contribution in [-0.4, -0.2) is 20.0 Å². The van der Waals surface area contributed by atoms with Crippen LogP contribution in [0, 0.1) is 17.6 Å². The lowest BCUT2D eigenvalue weighted by Gasteiger charge is -2.04. The number of hydrogen-bond donors (Lipinski definition) is 0. The summed E-state index contributed by atoms with van der Waals surface area (Å²) in [6.45, 7) is 0. The molecule has 1 fully saturated rings. The Balaban J connectivity index is 2.30. The average Bonchev–Trinajstić information content (AvgIpc) is 3.04. The van der Waals surface area contributed by atoms with Gasteiger partial charge in [0.05, 0.1) is 0 Å². The Kier molecular flexibility index (Phi) is 2.99. The number of rotatable bonds is 4. The highest BCUT2D eigenvalue weighted by Gasteiger charge is 2.34. The number of carbonyl (C=O) groups excluding carboxylic acids is 1. The lowest BCUT2D eigenvalue weighted by Crippen LogP contribution is -2.18. The summed E-state index contributed by atoms with van der Waals surface area (Å²) >= 11 is 0. The molecule has 0 N–H and O–H groups in total. The maximum atomic E-state index is 13.3. The van der Waals surface area contributed by atoms with E-state index in [0.717, 1.165) is 12.1 Å². The predicted octanol–water partition coefficient (Wildman–Crippen LogP) is 1.72. The molecule has 1 aliphatic carbocycles. The Morgan fingerprint density at radius 2 is 1.94 bits per heavy atom. The molecule has 1 aliphatic rings. The van der Waals surface area contributed by atoms with Gasteiger partial charge >= 0.3 is 0 Å². The molecule has 0 unspecified atom stereocenters. The van der Waals surface area contributed by atoms with Crippen molar-refractivity contribution < 1.29 is 22.0 Å². The van der Waals surface area contributed by atoms with Crippen molar-refractivity contribution in [3.8, 4) is 0 Å². The Hall–Kier alpha value is -1.30. The smallest absolute Gasteiger partial charge is 0.188 e. The molecule has 0 saturated heterocycles. The molecular weight excluding hydrogens is 250 g/mol. The van der Waals surface area contributed by atoms with Gasteiger partial charge in [0.2, 0.25) is 0 Å². The molecule has 0 amide bonds. The second-order valence-corrected chi connectivity index (χ2v) is 6.03. The summed E-state index contributed by atoms with van der Waals surface area (Å²) in [6, 6.07) is 2.17. The number of carbonyl (C=O) groups is 1. The monoisotopic (exact) mass is 260 g/mol. The highest BCUT2D eigenvalue weighted by Crippen LogP contribution is 2.31. The van der Waals surface area contributed by atoms with E-state index in [0.29, 0.717) is 18.9 Å². The lowest BCUT2D eigenvalue weighted by atomic mass is 10.3. The molecule has 3 nitrogen and oxygen atoms in total. The van der Waals surface area contributed by atoms with Crippen LogP contribution in [0.25, 0.3) is 0 Å². The van der Waals surface area contributed by atoms with E-state index in [9.17, 15) is 22.0 Å². The van der Waals surface area contributed by atoms with Gasteiger partial charge in [0, 0.05) is 5.92 Å². The Labute approximate surface area is 97.4 Å². The van der Waals surface area contributed by atoms with Crippen LogP contribution >= 0.6 is 0 Å². The van der Waals surface area contributed by atoms with Crippen molar-refractivity contribution in [3.05, 3.63) is 29.8 Å². The normalized spacial score (nSPS) is 15.9. The maximum Gasteiger partial charge on any atom is 0.188 e. The fraction of sp³-hybridized carbons (Fsp3) is 0.364. The second-order valence-electron chi connectivity index (χ2n) is 4.07. The number of sulfone groups is 1. The highest BCUT2D eigenvalue weighted by molar-refractivity contribution is 7.92. The quantitative estimate of drug-likeness (QED) is 0.828. The van der Waals surface area contributed by atoms with E-state index < -0.39 is 37.9 Å². The molecule has 1 aromatic rings. The van der Waals surface area contributed by atoms with Crippen molar-refractivity contribution >= 4 is 15.6 Å². The molecule has 92 valence electrons. The molecule has 0 bridgehead atoms. The van der Waals surface area contributed by atoms with Gasteiger partial charge in [-0.05, 0) is 31.0 Å². The zero-order valence-corrected chi connectivity index (χ0v) is 9.64. The topological polar surface area (TPSA) is 51.2 Å². The summed E-state index contributed by atoms with van der Waals surface area (Å²) in [7, 11) is -4.08. The van der Waals surface area contributed by atoms with Gasteiger partial charge in [0.15, 0.2) is 15.6 Å². The van der Waals surface area contributed by atoms with Gasteiger partial charge in [0.1, 0.15) is 22.3 Å². The van der Waals surface area contributed by atoms with Crippen molar-refractivity contribution in [2.75, 3.05) is 5.75 Å². The van der Waals surface area contributed by atoms with Gasteiger partial charge in [-0.25, -0.2) is 17.2 Å². The third-order valence-corrected chi connectivity index (χ3v) is 4.24. The van der Waals surface area contributed by atoms with E-state index in [2.05, 4.69) is 0 Å². The molecule has 0 radical (unpaired) electrons. The summed E-state index contributed by atoms with van der Waals surface area (Å²) in [5.41, 5.74) is 0. The van der Waals surface area contributed by atoms with Crippen LogP contribution in [0.3, 0.4) is 0 Å². The molecule has 17 heavy (non-hydrogen) atoms. The zero-order valence-electron chi connectivity index (χ0n) is 8.82. The summed E-state index contributed by atoms with van der Waals surface area (Å²) in [5, 5.41) is 0. The number of Topliss-reactive ketones (excluding diaryl/α,β-unsaturated/α-hetero) is 1. The molecule has 0 aliphatic heterocycles. The van der Waals surface area contributed by atoms with Crippen LogP contribution in [0.1, 0.15) is 12.8 Å². The summed E-state index contributed by atoms with van der Waals surface area (Å²) in [6.07, 6.45) is 1.36. The molecule has 1 aromatic carbocycles. The largest absolute Gasteiger partial charge is 0.298 e. The minimum absolute atomic E-state index is 0.221. The Morgan fingerprint density at radius 3 is 2.53 bits per heavy atom. The van der Waals surface area contributed by atoms with Crippen molar-refractivity contribution in [2.24, 2.45) is 5.92 Å². The van der Waals surface area contributed by atoms with Gasteiger partial charge in [-0.2, -0.15) is 0 Å². The summed E-state index contributed by atoms with van der Waals surface area (Å²) in [4.78, 5) is 10.7. The first-order valence-corrected chi connectivity index (χ1v) is 6.76. The van der Waals surface area contributed by atoms with E-state index in [4.69, 9.17) is 0 Å². The van der Waals surface area contributed by atoms with E-state index >= 15 is 0 Å². The number of ketones is 1. The average molecular weight is 260 g/mol. The minimum atomic E-state index is -4.08. The fourth-order valence-electron chi connectivity index (χ4n) is 1.50. The van der Waals surface area contributed by atoms with Crippen LogP contribution in [-0.2, 0) is 14.6 Å². The summed E-state index contributed by atoms with van der Waals surface area (Å²) in [5.74, 6) is -3.27. The van der Waals surface area contributed by atoms with Gasteiger partial charge in [-0.3, -0.25) is 4.79 Å². The van der Waals surface area contributed by atoms with Crippen molar-refractivity contribution in [1.82, 2.24) is 0 Å². The molecule has 0 heterocycles. The third kappa shape index (κ3) is 2.69. The molecule has 6 heteroatoms. The van der Waals surface area contributed by atoms with Crippen LogP contribution in [0.4, 0.5) is 8.78 Å². The van der Waals surface area contributed by atoms with E-state index in [1.165, 1.54) is 0 Å². The maximum absolute atomic E-state index is 13.3. The molecule has 0 aromatic heterocycles. The zero-order chi connectivity index (χ0) is 12.6. The first kappa shape index (κ1) is 12.2. The Bertz CT molecular complexity index is 562. The number of halogens is 2. The molecule has 1 saturated carbocycles. The Morgan fingerprint density at radius 1 is 1.29 bits per heavy atom. The minimum Gasteiger partial charge on any atom is -0.298 e. The van der Waals surface area contributed by atoms with Gasteiger partial charge in [-0.15, -0.1) is 0 Å². The van der Waals surface area contributed by atoms with Crippen LogP contribution in [0.15, 0.2) is 23.1 Å². The standard InChI is InChI=1S/C11H10F2O3S/c12-8-3-4-9(13)11(5-8)17(15,16)6-10(14)7-1-2-7/h3-5,7H,1-2,6H2. The molecule has 0 atom stereocenters. The van der Waals surface area contributed by atoms with Crippen LogP contribution in [0.5, 0.6) is 0 Å². The summed E-state index contributed by atoms with van der Waals surface area (Å²) < 4.78 is 49.6. The number of benzene rings is 1. The predicted molar refractivity (Wildman–Crippen MR) is 56.1 cm³/mol. The van der Waals surface area contributed by atoms with E-state index in [1.54, 1.807) is 0 Å². The van der Waals surface area contributed by atoms with Gasteiger partial charge in [-0.1, -0.05) is 0 Å². The van der Waals surface area contributed by atoms with Crippen LogP contribution < -0.4 is 0 Å². The molecule has 0 spiro atoms. The van der Waals surface area contributed by atoms with Crippen LogP contribution in [0.2, 0.25) is 0 Å². The SMILES string of the molecule is O=C(CS(=O)(=O)c1cc(F)ccc1F)C1CC1. The molecule has 2 rings (SSSR count). The van der Waals surface area contributed by atoms with Crippen molar-refractivity contribution in [3.63, 3.8) is 0 Å². The third-order valence-electron chi connectivity index (χ3n) is 2.59. The van der Waals surface area contributed by atoms with Crippen molar-refractivity contribution in [2.45, 2.75) is 17.7 Å². The highest BCUT2D eigenvalue weighted by atomic mass is 32.2. The molecular formula is C11H10F2O3S. The van der Waals surface area contributed by atoms with E-state index in [-0.39, 0.29) is 5.92 Å². The lowest BCUT2D eigenvalue weighted by molar-refractivity contribution is -0.117. The van der Waals surface area contributed by atoms with Crippen molar-refractivity contribution in [1.29, 1.82) is 0 Å². The van der Waals surface area contributed by atoms with Gasteiger partial charge in [0.25, 0.3) is 0 Å². The number of hydrogen-bond acceptors (Lipinski definition) is 3.